The van der Waals surface area contributed by atoms with Crippen LogP contribution in [0.15, 0.2) is 91.6 Å². The lowest BCUT2D eigenvalue weighted by molar-refractivity contribution is 0.414. The van der Waals surface area contributed by atoms with Crippen LogP contribution in [-0.4, -0.2) is 7.11 Å². The number of benzene rings is 2. The largest absolute Gasteiger partial charge is 0.497 e. The summed E-state index contributed by atoms with van der Waals surface area (Å²) in [6.45, 7) is 18.3. The van der Waals surface area contributed by atoms with Crippen LogP contribution in [-0.2, 0) is 5.41 Å². The molecule has 146 valence electrons. The van der Waals surface area contributed by atoms with Crippen molar-refractivity contribution < 1.29 is 4.74 Å². The summed E-state index contributed by atoms with van der Waals surface area (Å²) in [6.07, 6.45) is 6.98. The second kappa shape index (κ2) is 13.6. The molecule has 0 saturated heterocycles. The number of allylic oxidation sites excluding steroid dienone is 4. The van der Waals surface area contributed by atoms with Crippen molar-refractivity contribution in [3.05, 3.63) is 103 Å². The second-order valence-corrected chi connectivity index (χ2v) is 5.99. The molecule has 0 fully saturated rings. The van der Waals surface area contributed by atoms with E-state index in [1.165, 1.54) is 17.5 Å². The maximum absolute atomic E-state index is 5.27. The van der Waals surface area contributed by atoms with Gasteiger partial charge in [0.2, 0.25) is 0 Å². The highest BCUT2D eigenvalue weighted by Gasteiger charge is 2.31. The summed E-state index contributed by atoms with van der Waals surface area (Å²) in [4.78, 5) is 0. The molecule has 0 bridgehead atoms. The normalized spacial score (nSPS) is 12.3. The van der Waals surface area contributed by atoms with Crippen LogP contribution < -0.4 is 4.74 Å². The Balaban J connectivity index is 0.00000123. The van der Waals surface area contributed by atoms with E-state index in [0.29, 0.717) is 0 Å². The third-order valence-corrected chi connectivity index (χ3v) is 4.11. The quantitative estimate of drug-likeness (QED) is 0.476. The monoisotopic (exact) mass is 364 g/mol. The van der Waals surface area contributed by atoms with Gasteiger partial charge in [0.25, 0.3) is 0 Å². The molecule has 1 atom stereocenters. The fourth-order valence-corrected chi connectivity index (χ4v) is 2.76. The predicted molar refractivity (Wildman–Crippen MR) is 122 cm³/mol. The molecule has 1 unspecified atom stereocenters. The summed E-state index contributed by atoms with van der Waals surface area (Å²) in [5.74, 6) is 0.854. The van der Waals surface area contributed by atoms with E-state index in [0.717, 1.165) is 11.3 Å². The summed E-state index contributed by atoms with van der Waals surface area (Å²) in [6, 6.07) is 18.6. The number of ether oxygens (including phenoxy) is 1. The van der Waals surface area contributed by atoms with Gasteiger partial charge in [-0.05, 0) is 35.8 Å². The zero-order chi connectivity index (χ0) is 20.7. The van der Waals surface area contributed by atoms with E-state index in [9.17, 15) is 0 Å². The molecule has 0 saturated carbocycles. The van der Waals surface area contributed by atoms with Gasteiger partial charge in [-0.2, -0.15) is 0 Å². The molecule has 0 N–H and O–H groups in total. The fraction of sp³-hybridized carbons (Fsp3) is 0.308. The van der Waals surface area contributed by atoms with Crippen molar-refractivity contribution >= 4 is 0 Å². The molecule has 0 radical (unpaired) electrons. The third kappa shape index (κ3) is 6.60. The summed E-state index contributed by atoms with van der Waals surface area (Å²) in [7, 11) is 1.68. The smallest absolute Gasteiger partial charge is 0.118 e. The zero-order valence-corrected chi connectivity index (χ0v) is 18.0. The van der Waals surface area contributed by atoms with Gasteiger partial charge in [-0.3, -0.25) is 0 Å². The van der Waals surface area contributed by atoms with Crippen molar-refractivity contribution in [3.8, 4) is 5.75 Å². The number of rotatable bonds is 6. The Morgan fingerprint density at radius 1 is 0.926 bits per heavy atom. The molecule has 2 rings (SSSR count). The SMILES string of the molecule is C=C/C=C(\C=C)C(C)(c1ccccc1)c1ccc(OC)cc1.CC.CCC. The van der Waals surface area contributed by atoms with Gasteiger partial charge in [-0.25, -0.2) is 0 Å². The average Bonchev–Trinajstić information content (AvgIpc) is 2.74. The Morgan fingerprint density at radius 3 is 1.81 bits per heavy atom. The summed E-state index contributed by atoms with van der Waals surface area (Å²) >= 11 is 0. The highest BCUT2D eigenvalue weighted by atomic mass is 16.5. The standard InChI is InChI=1S/C21H22O.C3H8.C2H6/c1-5-10-17(6-2)21(3,18-11-8-7-9-12-18)19-13-15-20(22-4)16-14-19;1-3-2;1-2/h5-16H,1-2H2,3-4H3;3H2,1-2H3;1-2H3/b17-10+;;. The van der Waals surface area contributed by atoms with E-state index in [4.69, 9.17) is 4.74 Å². The van der Waals surface area contributed by atoms with Gasteiger partial charge in [0.1, 0.15) is 5.75 Å². The molecule has 2 aromatic carbocycles. The lowest BCUT2D eigenvalue weighted by Gasteiger charge is -2.32. The van der Waals surface area contributed by atoms with Gasteiger partial charge in [0.15, 0.2) is 0 Å². The van der Waals surface area contributed by atoms with Gasteiger partial charge in [0.05, 0.1) is 7.11 Å². The third-order valence-electron chi connectivity index (χ3n) is 4.11. The minimum atomic E-state index is -0.288. The first kappa shape index (κ1) is 24.5. The summed E-state index contributed by atoms with van der Waals surface area (Å²) < 4.78 is 5.27. The lowest BCUT2D eigenvalue weighted by atomic mass is 9.70. The maximum Gasteiger partial charge on any atom is 0.118 e. The van der Waals surface area contributed by atoms with E-state index in [2.05, 4.69) is 70.3 Å². The first-order valence-electron chi connectivity index (χ1n) is 9.74. The van der Waals surface area contributed by atoms with Crippen LogP contribution in [0.5, 0.6) is 5.75 Å². The van der Waals surface area contributed by atoms with Crippen molar-refractivity contribution in [1.29, 1.82) is 0 Å². The van der Waals surface area contributed by atoms with E-state index < -0.39 is 0 Å². The van der Waals surface area contributed by atoms with Crippen molar-refractivity contribution in [1.82, 2.24) is 0 Å². The van der Waals surface area contributed by atoms with Crippen LogP contribution in [0.4, 0.5) is 0 Å². The molecular weight excluding hydrogens is 328 g/mol. The summed E-state index contributed by atoms with van der Waals surface area (Å²) in [5.41, 5.74) is 3.23. The Morgan fingerprint density at radius 2 is 1.41 bits per heavy atom. The number of hydrogen-bond donors (Lipinski definition) is 0. The average molecular weight is 365 g/mol. The molecule has 2 aromatic rings. The Kier molecular flexibility index (Phi) is 12.4. The van der Waals surface area contributed by atoms with Crippen LogP contribution in [0, 0.1) is 0 Å². The van der Waals surface area contributed by atoms with Crippen LogP contribution >= 0.6 is 0 Å². The lowest BCUT2D eigenvalue weighted by Crippen LogP contribution is -2.25. The van der Waals surface area contributed by atoms with Gasteiger partial charge in [-0.1, -0.05) is 108 Å². The van der Waals surface area contributed by atoms with Crippen molar-refractivity contribution in [2.75, 3.05) is 7.11 Å². The van der Waals surface area contributed by atoms with E-state index in [1.807, 2.05) is 50.3 Å². The van der Waals surface area contributed by atoms with Crippen LogP contribution in [0.25, 0.3) is 0 Å². The van der Waals surface area contributed by atoms with Gasteiger partial charge >= 0.3 is 0 Å². The zero-order valence-electron chi connectivity index (χ0n) is 18.0. The van der Waals surface area contributed by atoms with Crippen LogP contribution in [0.2, 0.25) is 0 Å². The molecule has 1 nitrogen and oxygen atoms in total. The predicted octanol–water partition coefficient (Wildman–Crippen LogP) is 7.74. The molecule has 0 aliphatic heterocycles. The topological polar surface area (TPSA) is 9.23 Å². The molecular formula is C26H36O. The van der Waals surface area contributed by atoms with Crippen LogP contribution in [0.3, 0.4) is 0 Å². The second-order valence-electron chi connectivity index (χ2n) is 5.99. The van der Waals surface area contributed by atoms with Gasteiger partial charge in [0, 0.05) is 5.41 Å². The van der Waals surface area contributed by atoms with Gasteiger partial charge in [-0.15, -0.1) is 0 Å². The van der Waals surface area contributed by atoms with Crippen molar-refractivity contribution in [3.63, 3.8) is 0 Å². The molecule has 1 heteroatoms. The van der Waals surface area contributed by atoms with E-state index in [-0.39, 0.29) is 5.41 Å². The number of methoxy groups -OCH3 is 1. The molecule has 0 aliphatic rings. The maximum atomic E-state index is 5.27. The number of hydrogen-bond acceptors (Lipinski definition) is 1. The highest BCUT2D eigenvalue weighted by molar-refractivity contribution is 5.52. The molecule has 27 heavy (non-hydrogen) atoms. The first-order chi connectivity index (χ1) is 13.1. The van der Waals surface area contributed by atoms with E-state index >= 15 is 0 Å². The molecule has 0 heterocycles. The van der Waals surface area contributed by atoms with Crippen molar-refractivity contribution in [2.45, 2.75) is 46.5 Å². The fourth-order valence-electron chi connectivity index (χ4n) is 2.76. The van der Waals surface area contributed by atoms with Crippen LogP contribution in [0.1, 0.15) is 52.2 Å². The molecule has 0 aliphatic carbocycles. The minimum Gasteiger partial charge on any atom is -0.497 e. The van der Waals surface area contributed by atoms with Gasteiger partial charge < -0.3 is 4.74 Å². The molecule has 0 aromatic heterocycles. The minimum absolute atomic E-state index is 0.288. The first-order valence-corrected chi connectivity index (χ1v) is 9.74. The highest BCUT2D eigenvalue weighted by Crippen LogP contribution is 2.39. The molecule has 0 amide bonds. The Bertz CT molecular complexity index is 680. The van der Waals surface area contributed by atoms with Crippen molar-refractivity contribution in [2.24, 2.45) is 0 Å². The van der Waals surface area contributed by atoms with E-state index in [1.54, 1.807) is 7.11 Å². The Labute approximate surface area is 167 Å². The molecule has 0 spiro atoms. The summed E-state index contributed by atoms with van der Waals surface area (Å²) in [5, 5.41) is 0. The Hall–Kier alpha value is -2.54.